The highest BCUT2D eigenvalue weighted by Gasteiger charge is 2.42. The molecule has 1 N–H and O–H groups in total. The summed E-state index contributed by atoms with van der Waals surface area (Å²) in [4.78, 5) is 17.4. The van der Waals surface area contributed by atoms with Crippen molar-refractivity contribution in [2.45, 2.75) is 12.5 Å². The molecule has 1 amide bonds. The lowest BCUT2D eigenvalue weighted by Gasteiger charge is -2.49. The molecule has 1 saturated heterocycles. The third kappa shape index (κ3) is 3.94. The minimum Gasteiger partial charge on any atom is -0.497 e. The number of nitrogens with zero attached hydrogens (tertiary/aromatic N) is 2. The van der Waals surface area contributed by atoms with Gasteiger partial charge in [0.1, 0.15) is 11.6 Å². The summed E-state index contributed by atoms with van der Waals surface area (Å²) < 4.78 is 24.9. The minimum absolute atomic E-state index is 0.0129. The van der Waals surface area contributed by atoms with E-state index in [0.717, 1.165) is 17.0 Å². The van der Waals surface area contributed by atoms with Crippen LogP contribution in [0.15, 0.2) is 42.5 Å². The lowest BCUT2D eigenvalue weighted by atomic mass is 9.83. The summed E-state index contributed by atoms with van der Waals surface area (Å²) in [5, 5.41) is 3.00. The van der Waals surface area contributed by atoms with Gasteiger partial charge in [0.05, 0.1) is 31.4 Å². The first-order valence-corrected chi connectivity index (χ1v) is 10.3. The third-order valence-electron chi connectivity index (χ3n) is 6.06. The van der Waals surface area contributed by atoms with Crippen molar-refractivity contribution in [1.82, 2.24) is 5.32 Å². The summed E-state index contributed by atoms with van der Waals surface area (Å²) in [6.45, 7) is 2.93. The van der Waals surface area contributed by atoms with E-state index in [1.54, 1.807) is 26.4 Å². The Labute approximate surface area is 176 Å². The van der Waals surface area contributed by atoms with Crippen LogP contribution < -0.4 is 19.9 Å². The second-order valence-corrected chi connectivity index (χ2v) is 7.75. The number of ether oxygens (including phenoxy) is 2. The number of carbonyl (C=O) groups excluding carboxylic acids is 1. The number of carbonyl (C=O) groups is 1. The highest BCUT2D eigenvalue weighted by molar-refractivity contribution is 5.82. The first kappa shape index (κ1) is 20.5. The van der Waals surface area contributed by atoms with Gasteiger partial charge in [-0.2, -0.15) is 0 Å². The molecule has 2 unspecified atom stereocenters. The summed E-state index contributed by atoms with van der Waals surface area (Å²) >= 11 is 0. The third-order valence-corrected chi connectivity index (χ3v) is 6.06. The summed E-state index contributed by atoms with van der Waals surface area (Å²) in [5.74, 6) is 0.355. The number of nitrogens with one attached hydrogen (secondary N) is 1. The molecule has 2 aromatic carbocycles. The minimum atomic E-state index is -0.232. The fourth-order valence-corrected chi connectivity index (χ4v) is 4.54. The zero-order chi connectivity index (χ0) is 21.1. The lowest BCUT2D eigenvalue weighted by molar-refractivity contribution is -0.126. The molecule has 2 aliphatic rings. The van der Waals surface area contributed by atoms with E-state index in [2.05, 4.69) is 15.1 Å². The highest BCUT2D eigenvalue weighted by atomic mass is 19.1. The van der Waals surface area contributed by atoms with E-state index < -0.39 is 0 Å². The molecule has 160 valence electrons. The summed E-state index contributed by atoms with van der Waals surface area (Å²) in [7, 11) is 3.27. The maximum absolute atomic E-state index is 14.4. The molecule has 0 radical (unpaired) electrons. The predicted octanol–water partition coefficient (Wildman–Crippen LogP) is 2.46. The van der Waals surface area contributed by atoms with Gasteiger partial charge in [0.25, 0.3) is 0 Å². The Hall–Kier alpha value is -2.80. The number of methoxy groups -OCH3 is 2. The first-order chi connectivity index (χ1) is 14.6. The molecule has 2 aromatic rings. The van der Waals surface area contributed by atoms with Crippen LogP contribution in [0.4, 0.5) is 15.8 Å². The second kappa shape index (κ2) is 8.92. The standard InChI is InChI=1S/C23H28FN3O3/c1-29-12-9-25-23(28)18-13-16-7-8-17(30-2)14-21(16)27-11-10-26(15-22(18)27)20-6-4-3-5-19(20)24/h3-8,14,18,22H,9-13,15H2,1-2H3,(H,25,28). The molecular weight excluding hydrogens is 385 g/mol. The summed E-state index contributed by atoms with van der Waals surface area (Å²) in [5.41, 5.74) is 2.83. The molecule has 2 aliphatic heterocycles. The van der Waals surface area contributed by atoms with E-state index >= 15 is 0 Å². The summed E-state index contributed by atoms with van der Waals surface area (Å²) in [6, 6.07) is 12.8. The smallest absolute Gasteiger partial charge is 0.225 e. The molecule has 4 rings (SSSR count). The Morgan fingerprint density at radius 2 is 2.00 bits per heavy atom. The van der Waals surface area contributed by atoms with Gasteiger partial charge >= 0.3 is 0 Å². The highest BCUT2D eigenvalue weighted by Crippen LogP contribution is 2.39. The van der Waals surface area contributed by atoms with E-state index in [0.29, 0.717) is 44.9 Å². The Morgan fingerprint density at radius 3 is 2.77 bits per heavy atom. The van der Waals surface area contributed by atoms with Crippen molar-refractivity contribution < 1.29 is 18.7 Å². The Kier molecular flexibility index (Phi) is 6.08. The van der Waals surface area contributed by atoms with Gasteiger partial charge in [-0.15, -0.1) is 0 Å². The molecule has 30 heavy (non-hydrogen) atoms. The number of rotatable bonds is 6. The van der Waals surface area contributed by atoms with Crippen LogP contribution >= 0.6 is 0 Å². The molecule has 0 bridgehead atoms. The number of hydrogen-bond acceptors (Lipinski definition) is 5. The zero-order valence-corrected chi connectivity index (χ0v) is 17.4. The van der Waals surface area contributed by atoms with Crippen LogP contribution in [0.3, 0.4) is 0 Å². The van der Waals surface area contributed by atoms with Gasteiger partial charge in [-0.25, -0.2) is 4.39 Å². The van der Waals surface area contributed by atoms with Crippen LogP contribution in [0.5, 0.6) is 5.75 Å². The van der Waals surface area contributed by atoms with E-state index in [1.807, 2.05) is 24.3 Å². The number of hydrogen-bond donors (Lipinski definition) is 1. The Bertz CT molecular complexity index is 907. The van der Waals surface area contributed by atoms with Crippen LogP contribution in [0.1, 0.15) is 5.56 Å². The van der Waals surface area contributed by atoms with Gasteiger partial charge < -0.3 is 24.6 Å². The monoisotopic (exact) mass is 413 g/mol. The van der Waals surface area contributed by atoms with Crippen LogP contribution in [0.2, 0.25) is 0 Å². The van der Waals surface area contributed by atoms with Crippen LogP contribution in [-0.2, 0) is 16.0 Å². The topological polar surface area (TPSA) is 54.0 Å². The average Bonchev–Trinajstić information content (AvgIpc) is 2.78. The van der Waals surface area contributed by atoms with E-state index in [-0.39, 0.29) is 23.7 Å². The van der Waals surface area contributed by atoms with Gasteiger partial charge in [-0.05, 0) is 30.2 Å². The van der Waals surface area contributed by atoms with Crippen LogP contribution in [0, 0.1) is 11.7 Å². The average molecular weight is 413 g/mol. The van der Waals surface area contributed by atoms with Gasteiger partial charge in [0.15, 0.2) is 0 Å². The van der Waals surface area contributed by atoms with Crippen molar-refractivity contribution in [2.24, 2.45) is 5.92 Å². The molecule has 0 saturated carbocycles. The second-order valence-electron chi connectivity index (χ2n) is 7.75. The van der Waals surface area contributed by atoms with Crippen molar-refractivity contribution in [1.29, 1.82) is 0 Å². The molecule has 0 aliphatic carbocycles. The van der Waals surface area contributed by atoms with Crippen LogP contribution in [-0.4, -0.2) is 59.0 Å². The van der Waals surface area contributed by atoms with E-state index in [4.69, 9.17) is 9.47 Å². The molecule has 0 aromatic heterocycles. The number of benzene rings is 2. The van der Waals surface area contributed by atoms with E-state index in [9.17, 15) is 9.18 Å². The van der Waals surface area contributed by atoms with Crippen molar-refractivity contribution in [3.05, 3.63) is 53.8 Å². The fraction of sp³-hybridized carbons (Fsp3) is 0.435. The largest absolute Gasteiger partial charge is 0.497 e. The van der Waals surface area contributed by atoms with Crippen molar-refractivity contribution in [3.8, 4) is 5.75 Å². The van der Waals surface area contributed by atoms with Crippen LogP contribution in [0.25, 0.3) is 0 Å². The summed E-state index contributed by atoms with van der Waals surface area (Å²) in [6.07, 6.45) is 0.643. The number of para-hydroxylation sites is 1. The molecular formula is C23H28FN3O3. The predicted molar refractivity (Wildman–Crippen MR) is 115 cm³/mol. The molecule has 6 nitrogen and oxygen atoms in total. The van der Waals surface area contributed by atoms with Gasteiger partial charge in [0, 0.05) is 45.0 Å². The van der Waals surface area contributed by atoms with Crippen molar-refractivity contribution in [3.63, 3.8) is 0 Å². The van der Waals surface area contributed by atoms with Crippen molar-refractivity contribution >= 4 is 17.3 Å². The quantitative estimate of drug-likeness (QED) is 0.738. The first-order valence-electron chi connectivity index (χ1n) is 10.3. The van der Waals surface area contributed by atoms with E-state index in [1.165, 1.54) is 6.07 Å². The Balaban J connectivity index is 1.64. The number of fused-ring (bicyclic) bond motifs is 3. The molecule has 0 spiro atoms. The Morgan fingerprint density at radius 1 is 1.17 bits per heavy atom. The number of anilines is 2. The SMILES string of the molecule is COCCNC(=O)C1Cc2ccc(OC)cc2N2CCN(c3ccccc3F)CC12. The maximum Gasteiger partial charge on any atom is 0.225 e. The van der Waals surface area contributed by atoms with Gasteiger partial charge in [-0.1, -0.05) is 18.2 Å². The van der Waals surface area contributed by atoms with Crippen molar-refractivity contribution in [2.75, 3.05) is 56.8 Å². The lowest BCUT2D eigenvalue weighted by Crippen LogP contribution is -2.61. The fourth-order valence-electron chi connectivity index (χ4n) is 4.54. The maximum atomic E-state index is 14.4. The number of piperazine rings is 1. The molecule has 2 atom stereocenters. The molecule has 1 fully saturated rings. The van der Waals surface area contributed by atoms with Gasteiger partial charge in [-0.3, -0.25) is 4.79 Å². The molecule has 2 heterocycles. The number of halogens is 1. The molecule has 7 heteroatoms. The normalized spacial score (nSPS) is 20.4. The van der Waals surface area contributed by atoms with Gasteiger partial charge in [0.2, 0.25) is 5.91 Å². The zero-order valence-electron chi connectivity index (χ0n) is 17.4. The number of amides is 1.